The van der Waals surface area contributed by atoms with Crippen molar-refractivity contribution < 1.29 is 4.79 Å². The number of thiophene rings is 1. The number of hydrogen-bond donors (Lipinski definition) is 1. The molecule has 2 aromatic heterocycles. The molecule has 110 valence electrons. The summed E-state index contributed by atoms with van der Waals surface area (Å²) in [5, 5.41) is 4.95. The summed E-state index contributed by atoms with van der Waals surface area (Å²) >= 11 is 1.68. The van der Waals surface area contributed by atoms with Crippen LogP contribution in [0.25, 0.3) is 10.2 Å². The largest absolute Gasteiger partial charge is 0.353 e. The van der Waals surface area contributed by atoms with Gasteiger partial charge < -0.3 is 15.1 Å². The molecule has 1 atom stereocenters. The van der Waals surface area contributed by atoms with Crippen LogP contribution < -0.4 is 10.2 Å². The first-order valence-electron chi connectivity index (χ1n) is 7.30. The molecular weight excluding hydrogens is 286 g/mol. The summed E-state index contributed by atoms with van der Waals surface area (Å²) in [7, 11) is 0. The summed E-state index contributed by atoms with van der Waals surface area (Å²) in [4.78, 5) is 24.9. The van der Waals surface area contributed by atoms with Gasteiger partial charge in [-0.05, 0) is 24.3 Å². The number of amides is 2. The zero-order valence-corrected chi connectivity index (χ0v) is 12.5. The van der Waals surface area contributed by atoms with E-state index in [0.29, 0.717) is 0 Å². The molecular formula is C14H17N5OS. The van der Waals surface area contributed by atoms with Gasteiger partial charge in [0.2, 0.25) is 0 Å². The topological polar surface area (TPSA) is 61.4 Å². The molecule has 2 fully saturated rings. The fourth-order valence-electron chi connectivity index (χ4n) is 3.24. The molecule has 7 heteroatoms. The van der Waals surface area contributed by atoms with Gasteiger partial charge in [-0.3, -0.25) is 0 Å². The normalized spacial score (nSPS) is 22.9. The van der Waals surface area contributed by atoms with Crippen LogP contribution in [0.15, 0.2) is 17.8 Å². The predicted octanol–water partition coefficient (Wildman–Crippen LogP) is 1.69. The summed E-state index contributed by atoms with van der Waals surface area (Å²) < 4.78 is 1.14. The highest BCUT2D eigenvalue weighted by Crippen LogP contribution is 2.30. The number of carbonyl (C=O) groups excluding carboxylic acids is 1. The lowest BCUT2D eigenvalue weighted by molar-refractivity contribution is 0.189. The molecule has 21 heavy (non-hydrogen) atoms. The van der Waals surface area contributed by atoms with Crippen LogP contribution in [0, 0.1) is 0 Å². The van der Waals surface area contributed by atoms with Gasteiger partial charge in [-0.15, -0.1) is 11.3 Å². The number of hydrogen-bond acceptors (Lipinski definition) is 5. The first-order chi connectivity index (χ1) is 10.3. The number of fused-ring (bicyclic) bond motifs is 1. The Kier molecular flexibility index (Phi) is 3.14. The lowest BCUT2D eigenvalue weighted by atomic mass is 10.0. The zero-order valence-electron chi connectivity index (χ0n) is 11.7. The number of rotatable bonds is 2. The molecule has 6 nitrogen and oxygen atoms in total. The highest BCUT2D eigenvalue weighted by atomic mass is 32.1. The summed E-state index contributed by atoms with van der Waals surface area (Å²) in [5.41, 5.74) is 1.01. The van der Waals surface area contributed by atoms with Crippen LogP contribution >= 0.6 is 11.3 Å². The van der Waals surface area contributed by atoms with Gasteiger partial charge in [-0.1, -0.05) is 0 Å². The Bertz CT molecular complexity index is 672. The monoisotopic (exact) mass is 303 g/mol. The van der Waals surface area contributed by atoms with E-state index in [2.05, 4.69) is 25.6 Å². The molecule has 0 bridgehead atoms. The summed E-state index contributed by atoms with van der Waals surface area (Å²) in [6.07, 6.45) is 3.80. The van der Waals surface area contributed by atoms with Gasteiger partial charge in [-0.2, -0.15) is 0 Å². The SMILES string of the molecule is O=C1NCCN1[C@@H]1CCCN(c2ncnc3ccsc23)C1. The third-order valence-corrected chi connectivity index (χ3v) is 5.15. The van der Waals surface area contributed by atoms with E-state index in [1.54, 1.807) is 17.7 Å². The van der Waals surface area contributed by atoms with Crippen LogP contribution in [-0.4, -0.2) is 53.1 Å². The number of nitrogens with one attached hydrogen (secondary N) is 1. The van der Waals surface area contributed by atoms with Crippen molar-refractivity contribution in [2.45, 2.75) is 18.9 Å². The van der Waals surface area contributed by atoms with E-state index >= 15 is 0 Å². The molecule has 0 saturated carbocycles. The van der Waals surface area contributed by atoms with Gasteiger partial charge in [-0.25, -0.2) is 14.8 Å². The molecule has 4 rings (SSSR count). The van der Waals surface area contributed by atoms with E-state index in [0.717, 1.165) is 55.1 Å². The molecule has 0 unspecified atom stereocenters. The number of carbonyl (C=O) groups is 1. The van der Waals surface area contributed by atoms with Crippen LogP contribution in [0.2, 0.25) is 0 Å². The maximum atomic E-state index is 11.9. The quantitative estimate of drug-likeness (QED) is 0.917. The second kappa shape index (κ2) is 5.14. The molecule has 2 aromatic rings. The predicted molar refractivity (Wildman–Crippen MR) is 82.8 cm³/mol. The average molecular weight is 303 g/mol. The van der Waals surface area contributed by atoms with Gasteiger partial charge in [0.15, 0.2) is 0 Å². The van der Waals surface area contributed by atoms with Crippen molar-refractivity contribution in [3.63, 3.8) is 0 Å². The minimum Gasteiger partial charge on any atom is -0.353 e. The maximum absolute atomic E-state index is 11.9. The third-order valence-electron chi connectivity index (χ3n) is 4.25. The van der Waals surface area contributed by atoms with Crippen LogP contribution in [0.1, 0.15) is 12.8 Å². The molecule has 2 aliphatic rings. The van der Waals surface area contributed by atoms with Gasteiger partial charge in [0.25, 0.3) is 0 Å². The molecule has 2 amide bonds. The second-order valence-corrected chi connectivity index (χ2v) is 6.42. The molecule has 2 aliphatic heterocycles. The average Bonchev–Trinajstić information content (AvgIpc) is 3.15. The van der Waals surface area contributed by atoms with Crippen molar-refractivity contribution in [2.75, 3.05) is 31.1 Å². The Labute approximate surface area is 126 Å². The minimum atomic E-state index is 0.0748. The van der Waals surface area contributed by atoms with Crippen LogP contribution in [-0.2, 0) is 0 Å². The van der Waals surface area contributed by atoms with Gasteiger partial charge in [0.1, 0.15) is 12.1 Å². The van der Waals surface area contributed by atoms with E-state index in [-0.39, 0.29) is 12.1 Å². The lowest BCUT2D eigenvalue weighted by Gasteiger charge is -2.37. The molecule has 0 spiro atoms. The van der Waals surface area contributed by atoms with Crippen LogP contribution in [0.5, 0.6) is 0 Å². The van der Waals surface area contributed by atoms with Crippen LogP contribution in [0.4, 0.5) is 10.6 Å². The summed E-state index contributed by atoms with van der Waals surface area (Å²) in [6, 6.07) is 2.39. The van der Waals surface area contributed by atoms with E-state index in [1.807, 2.05) is 11.0 Å². The lowest BCUT2D eigenvalue weighted by Crippen LogP contribution is -2.49. The Morgan fingerprint density at radius 3 is 3.14 bits per heavy atom. The van der Waals surface area contributed by atoms with Crippen molar-refractivity contribution in [2.24, 2.45) is 0 Å². The Hall–Kier alpha value is -1.89. The molecule has 0 aromatic carbocycles. The van der Waals surface area contributed by atoms with Crippen LogP contribution in [0.3, 0.4) is 0 Å². The molecule has 4 heterocycles. The van der Waals surface area contributed by atoms with Crippen molar-refractivity contribution in [1.82, 2.24) is 20.2 Å². The first-order valence-corrected chi connectivity index (χ1v) is 8.18. The first kappa shape index (κ1) is 12.8. The standard InChI is InChI=1S/C14H17N5OS/c20-14-15-4-6-19(14)10-2-1-5-18(8-10)13-12-11(3-7-21-12)16-9-17-13/h3,7,9-10H,1-2,4-6,8H2,(H,15,20)/t10-/m1/s1. The van der Waals surface area contributed by atoms with E-state index < -0.39 is 0 Å². The van der Waals surface area contributed by atoms with E-state index in [4.69, 9.17) is 0 Å². The molecule has 2 saturated heterocycles. The van der Waals surface area contributed by atoms with Crippen molar-refractivity contribution >= 4 is 33.4 Å². The van der Waals surface area contributed by atoms with Gasteiger partial charge in [0, 0.05) is 26.2 Å². The fraction of sp³-hybridized carbons (Fsp3) is 0.500. The van der Waals surface area contributed by atoms with Crippen molar-refractivity contribution in [1.29, 1.82) is 0 Å². The fourth-order valence-corrected chi connectivity index (χ4v) is 4.10. The molecule has 1 N–H and O–H groups in total. The smallest absolute Gasteiger partial charge is 0.317 e. The second-order valence-electron chi connectivity index (χ2n) is 5.50. The maximum Gasteiger partial charge on any atom is 0.317 e. The number of aromatic nitrogens is 2. The minimum absolute atomic E-state index is 0.0748. The third kappa shape index (κ3) is 2.21. The molecule has 0 radical (unpaired) electrons. The number of piperidine rings is 1. The summed E-state index contributed by atoms with van der Waals surface area (Å²) in [5.74, 6) is 1.01. The summed E-state index contributed by atoms with van der Waals surface area (Å²) in [6.45, 7) is 3.43. The highest BCUT2D eigenvalue weighted by Gasteiger charge is 2.32. The zero-order chi connectivity index (χ0) is 14.2. The highest BCUT2D eigenvalue weighted by molar-refractivity contribution is 7.17. The number of urea groups is 1. The molecule has 0 aliphatic carbocycles. The van der Waals surface area contributed by atoms with E-state index in [9.17, 15) is 4.79 Å². The Morgan fingerprint density at radius 1 is 1.33 bits per heavy atom. The van der Waals surface area contributed by atoms with Crippen molar-refractivity contribution in [3.05, 3.63) is 17.8 Å². The van der Waals surface area contributed by atoms with E-state index in [1.165, 1.54) is 0 Å². The number of nitrogens with zero attached hydrogens (tertiary/aromatic N) is 4. The number of anilines is 1. The Balaban J connectivity index is 1.60. The van der Waals surface area contributed by atoms with Gasteiger partial charge >= 0.3 is 6.03 Å². The van der Waals surface area contributed by atoms with Crippen molar-refractivity contribution in [3.8, 4) is 0 Å². The Morgan fingerprint density at radius 2 is 2.29 bits per heavy atom. The van der Waals surface area contributed by atoms with Gasteiger partial charge in [0.05, 0.1) is 16.3 Å².